The Kier molecular flexibility index (Phi) is 4.83. The van der Waals surface area contributed by atoms with Gasteiger partial charge >= 0.3 is 0 Å². The van der Waals surface area contributed by atoms with Gasteiger partial charge in [-0.1, -0.05) is 30.7 Å². The molecule has 1 aromatic carbocycles. The third-order valence-corrected chi connectivity index (χ3v) is 4.02. The molecule has 1 heterocycles. The number of hydrogen-bond donors (Lipinski definition) is 2. The van der Waals surface area contributed by atoms with Gasteiger partial charge < -0.3 is 10.6 Å². The molecule has 0 unspecified atom stereocenters. The molecule has 0 saturated carbocycles. The lowest BCUT2D eigenvalue weighted by atomic mass is 10.0. The van der Waals surface area contributed by atoms with Gasteiger partial charge in [0.1, 0.15) is 0 Å². The first-order chi connectivity index (χ1) is 8.83. The SMILES string of the molecule is Cl.O=C(NC1Cc2ccccc2C1)[C@@H]1CCCCN1. The summed E-state index contributed by atoms with van der Waals surface area (Å²) in [4.78, 5) is 12.1. The van der Waals surface area contributed by atoms with Gasteiger partial charge in [-0.25, -0.2) is 0 Å². The highest BCUT2D eigenvalue weighted by molar-refractivity contribution is 5.85. The van der Waals surface area contributed by atoms with Crippen molar-refractivity contribution in [3.63, 3.8) is 0 Å². The topological polar surface area (TPSA) is 41.1 Å². The average Bonchev–Trinajstić information content (AvgIpc) is 2.82. The van der Waals surface area contributed by atoms with E-state index in [2.05, 4.69) is 34.9 Å². The summed E-state index contributed by atoms with van der Waals surface area (Å²) in [5.74, 6) is 0.188. The predicted octanol–water partition coefficient (Wildman–Crippen LogP) is 1.83. The van der Waals surface area contributed by atoms with Crippen LogP contribution in [0.2, 0.25) is 0 Å². The van der Waals surface area contributed by atoms with Crippen molar-refractivity contribution in [2.45, 2.75) is 44.2 Å². The fraction of sp³-hybridized carbons (Fsp3) is 0.533. The average molecular weight is 281 g/mol. The monoisotopic (exact) mass is 280 g/mol. The summed E-state index contributed by atoms with van der Waals surface area (Å²) >= 11 is 0. The normalized spacial score (nSPS) is 22.4. The Morgan fingerprint density at radius 2 is 1.84 bits per heavy atom. The molecule has 2 N–H and O–H groups in total. The zero-order valence-corrected chi connectivity index (χ0v) is 11.8. The molecule has 1 aliphatic carbocycles. The number of halogens is 1. The van der Waals surface area contributed by atoms with Crippen LogP contribution in [-0.4, -0.2) is 24.5 Å². The lowest BCUT2D eigenvalue weighted by Gasteiger charge is -2.24. The van der Waals surface area contributed by atoms with Crippen LogP contribution < -0.4 is 10.6 Å². The lowest BCUT2D eigenvalue weighted by molar-refractivity contribution is -0.124. The summed E-state index contributed by atoms with van der Waals surface area (Å²) in [6.07, 6.45) is 5.30. The van der Waals surface area contributed by atoms with Crippen LogP contribution in [0.25, 0.3) is 0 Å². The van der Waals surface area contributed by atoms with Crippen molar-refractivity contribution in [3.8, 4) is 0 Å². The van der Waals surface area contributed by atoms with Crippen LogP contribution in [0, 0.1) is 0 Å². The molecule has 0 aromatic heterocycles. The predicted molar refractivity (Wildman–Crippen MR) is 78.7 cm³/mol. The van der Waals surface area contributed by atoms with Gasteiger partial charge in [0.25, 0.3) is 0 Å². The fourth-order valence-corrected chi connectivity index (χ4v) is 3.04. The van der Waals surface area contributed by atoms with Gasteiger partial charge in [-0.05, 0) is 43.4 Å². The van der Waals surface area contributed by atoms with Crippen molar-refractivity contribution >= 4 is 18.3 Å². The maximum absolute atomic E-state index is 12.1. The number of benzene rings is 1. The van der Waals surface area contributed by atoms with Crippen molar-refractivity contribution in [1.82, 2.24) is 10.6 Å². The number of carbonyl (C=O) groups is 1. The van der Waals surface area contributed by atoms with E-state index in [0.29, 0.717) is 6.04 Å². The molecule has 19 heavy (non-hydrogen) atoms. The molecule has 1 atom stereocenters. The molecule has 1 saturated heterocycles. The van der Waals surface area contributed by atoms with E-state index in [9.17, 15) is 4.79 Å². The first kappa shape index (κ1) is 14.4. The number of nitrogens with one attached hydrogen (secondary N) is 2. The standard InChI is InChI=1S/C15H20N2O.ClH/c18-15(14-7-3-4-8-16-14)17-13-9-11-5-1-2-6-12(11)10-13;/h1-2,5-6,13-14,16H,3-4,7-10H2,(H,17,18);1H/t14-;/m0./s1. The minimum absolute atomic E-state index is 0. The van der Waals surface area contributed by atoms with Crippen LogP contribution in [0.15, 0.2) is 24.3 Å². The molecule has 3 nitrogen and oxygen atoms in total. The van der Waals surface area contributed by atoms with Crippen molar-refractivity contribution in [2.24, 2.45) is 0 Å². The summed E-state index contributed by atoms with van der Waals surface area (Å²) in [5, 5.41) is 6.50. The summed E-state index contributed by atoms with van der Waals surface area (Å²) < 4.78 is 0. The molecule has 4 heteroatoms. The summed E-state index contributed by atoms with van der Waals surface area (Å²) in [5.41, 5.74) is 2.78. The lowest BCUT2D eigenvalue weighted by Crippen LogP contribution is -2.49. The van der Waals surface area contributed by atoms with E-state index in [1.54, 1.807) is 0 Å². The molecule has 1 aliphatic heterocycles. The second-order valence-electron chi connectivity index (χ2n) is 5.38. The van der Waals surface area contributed by atoms with Gasteiger partial charge in [0.2, 0.25) is 5.91 Å². The van der Waals surface area contributed by atoms with Gasteiger partial charge in [0.05, 0.1) is 6.04 Å². The Morgan fingerprint density at radius 1 is 1.16 bits per heavy atom. The van der Waals surface area contributed by atoms with E-state index in [-0.39, 0.29) is 24.4 Å². The van der Waals surface area contributed by atoms with Gasteiger partial charge in [-0.2, -0.15) is 0 Å². The third kappa shape index (κ3) is 3.28. The van der Waals surface area contributed by atoms with E-state index < -0.39 is 0 Å². The van der Waals surface area contributed by atoms with Crippen LogP contribution >= 0.6 is 12.4 Å². The molecule has 0 bridgehead atoms. The van der Waals surface area contributed by atoms with E-state index in [0.717, 1.165) is 32.2 Å². The highest BCUT2D eigenvalue weighted by Gasteiger charge is 2.26. The number of rotatable bonds is 2. The van der Waals surface area contributed by atoms with Crippen LogP contribution in [0.5, 0.6) is 0 Å². The Labute approximate surface area is 120 Å². The zero-order valence-electron chi connectivity index (χ0n) is 11.0. The Bertz CT molecular complexity index is 419. The number of hydrogen-bond acceptors (Lipinski definition) is 2. The minimum atomic E-state index is 0. The molecular weight excluding hydrogens is 260 g/mol. The maximum atomic E-state index is 12.1. The molecular formula is C15H21ClN2O. The molecule has 104 valence electrons. The van der Waals surface area contributed by atoms with Crippen molar-refractivity contribution in [3.05, 3.63) is 35.4 Å². The highest BCUT2D eigenvalue weighted by atomic mass is 35.5. The molecule has 0 radical (unpaired) electrons. The molecule has 0 spiro atoms. The number of carbonyl (C=O) groups excluding carboxylic acids is 1. The fourth-order valence-electron chi connectivity index (χ4n) is 3.04. The zero-order chi connectivity index (χ0) is 12.4. The Hall–Kier alpha value is -1.06. The van der Waals surface area contributed by atoms with Crippen LogP contribution in [-0.2, 0) is 17.6 Å². The van der Waals surface area contributed by atoms with Crippen molar-refractivity contribution < 1.29 is 4.79 Å². The molecule has 1 amide bonds. The van der Waals surface area contributed by atoms with Gasteiger partial charge in [-0.15, -0.1) is 12.4 Å². The largest absolute Gasteiger partial charge is 0.351 e. The van der Waals surface area contributed by atoms with E-state index >= 15 is 0 Å². The van der Waals surface area contributed by atoms with Crippen LogP contribution in [0.1, 0.15) is 30.4 Å². The summed E-state index contributed by atoms with van der Waals surface area (Å²) in [6.45, 7) is 0.975. The molecule has 1 aromatic rings. The summed E-state index contributed by atoms with van der Waals surface area (Å²) in [6, 6.07) is 8.80. The van der Waals surface area contributed by atoms with E-state index in [1.165, 1.54) is 17.5 Å². The highest BCUT2D eigenvalue weighted by Crippen LogP contribution is 2.21. The van der Waals surface area contributed by atoms with Crippen molar-refractivity contribution in [2.75, 3.05) is 6.54 Å². The van der Waals surface area contributed by atoms with Gasteiger partial charge in [-0.3, -0.25) is 4.79 Å². The van der Waals surface area contributed by atoms with E-state index in [1.807, 2.05) is 0 Å². The second kappa shape index (κ2) is 6.40. The van der Waals surface area contributed by atoms with Gasteiger partial charge in [0, 0.05) is 6.04 Å². The Balaban J connectivity index is 0.00000133. The number of piperidine rings is 1. The third-order valence-electron chi connectivity index (χ3n) is 4.02. The van der Waals surface area contributed by atoms with Crippen LogP contribution in [0.3, 0.4) is 0 Å². The second-order valence-corrected chi connectivity index (χ2v) is 5.38. The first-order valence-electron chi connectivity index (χ1n) is 6.93. The molecule has 1 fully saturated rings. The van der Waals surface area contributed by atoms with Crippen molar-refractivity contribution in [1.29, 1.82) is 0 Å². The number of fused-ring (bicyclic) bond motifs is 1. The minimum Gasteiger partial charge on any atom is -0.351 e. The first-order valence-corrected chi connectivity index (χ1v) is 6.93. The summed E-state index contributed by atoms with van der Waals surface area (Å²) in [7, 11) is 0. The quantitative estimate of drug-likeness (QED) is 0.868. The molecule has 2 aliphatic rings. The van der Waals surface area contributed by atoms with Crippen LogP contribution in [0.4, 0.5) is 0 Å². The Morgan fingerprint density at radius 3 is 2.42 bits per heavy atom. The van der Waals surface area contributed by atoms with E-state index in [4.69, 9.17) is 0 Å². The maximum Gasteiger partial charge on any atom is 0.237 e. The number of amides is 1. The van der Waals surface area contributed by atoms with Gasteiger partial charge in [0.15, 0.2) is 0 Å². The smallest absolute Gasteiger partial charge is 0.237 e. The molecule has 3 rings (SSSR count).